The van der Waals surface area contributed by atoms with Crippen molar-refractivity contribution in [2.24, 2.45) is 0 Å². The van der Waals surface area contributed by atoms with E-state index in [9.17, 15) is 0 Å². The molecule has 15 heavy (non-hydrogen) atoms. The largest absolute Gasteiger partial charge is 0.127 e. The fourth-order valence-electron chi connectivity index (χ4n) is 2.61. The van der Waals surface area contributed by atoms with Crippen LogP contribution in [-0.2, 0) is 5.41 Å². The lowest BCUT2D eigenvalue weighted by atomic mass is 9.77. The highest BCUT2D eigenvalue weighted by Gasteiger charge is 2.23. The van der Waals surface area contributed by atoms with E-state index in [0.717, 1.165) is 12.3 Å². The molecule has 0 radical (unpaired) electrons. The average Bonchev–Trinajstić information content (AvgIpc) is 1.99. The van der Waals surface area contributed by atoms with E-state index < -0.39 is 0 Å². The van der Waals surface area contributed by atoms with Gasteiger partial charge in [-0.25, -0.2) is 0 Å². The smallest absolute Gasteiger partial charge is 0.0231 e. The molecule has 1 aromatic rings. The number of hydrogen-bond acceptors (Lipinski definition) is 0. The van der Waals surface area contributed by atoms with Gasteiger partial charge >= 0.3 is 0 Å². The summed E-state index contributed by atoms with van der Waals surface area (Å²) in [6.45, 7) is 11.1. The van der Waals surface area contributed by atoms with Crippen LogP contribution in [0.15, 0.2) is 12.1 Å². The van der Waals surface area contributed by atoms with Crippen molar-refractivity contribution >= 4 is 11.6 Å². The maximum absolute atomic E-state index is 5.87. The Hall–Kier alpha value is -0.490. The van der Waals surface area contributed by atoms with Gasteiger partial charge in [-0.2, -0.15) is 0 Å². The highest BCUT2D eigenvalue weighted by atomic mass is 35.5. The van der Waals surface area contributed by atoms with Crippen molar-refractivity contribution in [3.8, 4) is 0 Å². The molecule has 0 aliphatic heterocycles. The van der Waals surface area contributed by atoms with Crippen molar-refractivity contribution in [1.82, 2.24) is 0 Å². The summed E-state index contributed by atoms with van der Waals surface area (Å²) >= 11 is 5.87. The van der Waals surface area contributed by atoms with E-state index in [1.807, 2.05) is 0 Å². The van der Waals surface area contributed by atoms with Gasteiger partial charge in [0.15, 0.2) is 0 Å². The summed E-state index contributed by atoms with van der Waals surface area (Å²) in [6, 6.07) is 4.52. The Morgan fingerprint density at radius 2 is 1.53 bits per heavy atom. The molecular weight excluding hydrogens is 204 g/mol. The first kappa shape index (κ1) is 12.6. The topological polar surface area (TPSA) is 0 Å². The van der Waals surface area contributed by atoms with Gasteiger partial charge in [0, 0.05) is 5.88 Å². The van der Waals surface area contributed by atoms with Crippen LogP contribution in [0, 0.1) is 20.8 Å². The third-order valence-corrected chi connectivity index (χ3v) is 3.26. The number of halogens is 1. The lowest BCUT2D eigenvalue weighted by Gasteiger charge is -2.28. The van der Waals surface area contributed by atoms with Crippen LogP contribution in [0.5, 0.6) is 0 Å². The fourth-order valence-corrected chi connectivity index (χ4v) is 3.08. The van der Waals surface area contributed by atoms with Crippen molar-refractivity contribution in [1.29, 1.82) is 0 Å². The first-order valence-electron chi connectivity index (χ1n) is 5.53. The van der Waals surface area contributed by atoms with Crippen molar-refractivity contribution in [2.75, 3.05) is 5.88 Å². The second-order valence-corrected chi connectivity index (χ2v) is 5.47. The van der Waals surface area contributed by atoms with Crippen molar-refractivity contribution in [3.05, 3.63) is 34.4 Å². The van der Waals surface area contributed by atoms with Crippen LogP contribution in [0.4, 0.5) is 0 Å². The van der Waals surface area contributed by atoms with Crippen molar-refractivity contribution in [2.45, 2.75) is 46.5 Å². The first-order chi connectivity index (χ1) is 6.88. The van der Waals surface area contributed by atoms with Crippen LogP contribution in [0.1, 0.15) is 42.5 Å². The van der Waals surface area contributed by atoms with Gasteiger partial charge in [0.2, 0.25) is 0 Å². The number of alkyl halides is 1. The highest BCUT2D eigenvalue weighted by Crippen LogP contribution is 2.33. The summed E-state index contributed by atoms with van der Waals surface area (Å²) < 4.78 is 0. The van der Waals surface area contributed by atoms with Gasteiger partial charge < -0.3 is 0 Å². The molecule has 0 saturated carbocycles. The average molecular weight is 225 g/mol. The van der Waals surface area contributed by atoms with Gasteiger partial charge in [-0.3, -0.25) is 0 Å². The molecule has 1 rings (SSSR count). The van der Waals surface area contributed by atoms with Crippen LogP contribution in [-0.4, -0.2) is 5.88 Å². The minimum Gasteiger partial charge on any atom is -0.127 e. The molecule has 0 aliphatic carbocycles. The van der Waals surface area contributed by atoms with E-state index in [-0.39, 0.29) is 5.41 Å². The Balaban J connectivity index is 3.24. The summed E-state index contributed by atoms with van der Waals surface area (Å²) in [5.74, 6) is 0.722. The highest BCUT2D eigenvalue weighted by molar-refractivity contribution is 6.17. The van der Waals surface area contributed by atoms with Gasteiger partial charge in [-0.15, -0.1) is 11.6 Å². The van der Waals surface area contributed by atoms with Crippen molar-refractivity contribution in [3.63, 3.8) is 0 Å². The molecule has 1 aromatic carbocycles. The van der Waals surface area contributed by atoms with E-state index in [2.05, 4.69) is 46.8 Å². The second kappa shape index (κ2) is 4.57. The summed E-state index contributed by atoms with van der Waals surface area (Å²) in [4.78, 5) is 0. The van der Waals surface area contributed by atoms with E-state index in [0.29, 0.717) is 0 Å². The Labute approximate surface area is 98.7 Å². The molecule has 0 atom stereocenters. The number of benzene rings is 1. The van der Waals surface area contributed by atoms with Gasteiger partial charge in [0.05, 0.1) is 0 Å². The Morgan fingerprint density at radius 3 is 1.93 bits per heavy atom. The zero-order valence-corrected chi connectivity index (χ0v) is 11.2. The van der Waals surface area contributed by atoms with Crippen LogP contribution >= 0.6 is 11.6 Å². The summed E-state index contributed by atoms with van der Waals surface area (Å²) in [6.07, 6.45) is 1.03. The zero-order chi connectivity index (χ0) is 11.6. The van der Waals surface area contributed by atoms with E-state index >= 15 is 0 Å². The molecule has 0 amide bonds. The molecular formula is C14H21Cl. The Morgan fingerprint density at radius 1 is 1.07 bits per heavy atom. The molecule has 0 spiro atoms. The van der Waals surface area contributed by atoms with Crippen LogP contribution in [0.25, 0.3) is 0 Å². The molecule has 0 nitrogen and oxygen atoms in total. The summed E-state index contributed by atoms with van der Waals surface area (Å²) in [5, 5.41) is 0. The zero-order valence-electron chi connectivity index (χ0n) is 10.4. The molecule has 0 fully saturated rings. The van der Waals surface area contributed by atoms with Gasteiger partial charge in [0.1, 0.15) is 0 Å². The maximum Gasteiger partial charge on any atom is 0.0231 e. The fraction of sp³-hybridized carbons (Fsp3) is 0.571. The normalized spacial score (nSPS) is 11.9. The third-order valence-electron chi connectivity index (χ3n) is 3.07. The van der Waals surface area contributed by atoms with E-state index in [4.69, 9.17) is 11.6 Å². The molecule has 0 heterocycles. The minimum absolute atomic E-state index is 0.184. The monoisotopic (exact) mass is 224 g/mol. The number of aryl methyl sites for hydroxylation is 3. The number of hydrogen-bond donors (Lipinski definition) is 0. The molecule has 0 N–H and O–H groups in total. The molecule has 0 saturated heterocycles. The predicted octanol–water partition coefficient (Wildman–Crippen LogP) is 4.52. The van der Waals surface area contributed by atoms with Gasteiger partial charge in [-0.1, -0.05) is 31.5 Å². The minimum atomic E-state index is 0.184. The van der Waals surface area contributed by atoms with Gasteiger partial charge in [0.25, 0.3) is 0 Å². The molecule has 0 aromatic heterocycles. The Bertz CT molecular complexity index is 327. The van der Waals surface area contributed by atoms with E-state index in [1.165, 1.54) is 22.3 Å². The lowest BCUT2D eigenvalue weighted by molar-refractivity contribution is 0.503. The lowest BCUT2D eigenvalue weighted by Crippen LogP contribution is -2.20. The predicted molar refractivity (Wildman–Crippen MR) is 69.0 cm³/mol. The summed E-state index contributed by atoms with van der Waals surface area (Å²) in [5.41, 5.74) is 5.78. The first-order valence-corrected chi connectivity index (χ1v) is 6.06. The van der Waals surface area contributed by atoms with Gasteiger partial charge in [-0.05, 0) is 49.3 Å². The molecule has 0 unspecified atom stereocenters. The number of rotatable bonds is 3. The van der Waals surface area contributed by atoms with Crippen molar-refractivity contribution < 1.29 is 0 Å². The second-order valence-electron chi connectivity index (χ2n) is 5.10. The molecule has 0 aliphatic rings. The Kier molecular flexibility index (Phi) is 3.83. The molecule has 84 valence electrons. The SMILES string of the molecule is Cc1cc(C)c(C(C)(C)CCCl)c(C)c1. The third kappa shape index (κ3) is 2.75. The quantitative estimate of drug-likeness (QED) is 0.663. The van der Waals surface area contributed by atoms with Crippen LogP contribution in [0.2, 0.25) is 0 Å². The molecule has 0 bridgehead atoms. The maximum atomic E-state index is 5.87. The van der Waals surface area contributed by atoms with Crippen LogP contribution < -0.4 is 0 Å². The van der Waals surface area contributed by atoms with Crippen LogP contribution in [0.3, 0.4) is 0 Å². The molecule has 1 heteroatoms. The van der Waals surface area contributed by atoms with E-state index in [1.54, 1.807) is 0 Å². The standard InChI is InChI=1S/C14H21Cl/c1-10-8-11(2)13(12(3)9-10)14(4,5)6-7-15/h8-9H,6-7H2,1-5H3. The summed E-state index contributed by atoms with van der Waals surface area (Å²) in [7, 11) is 0.